The molecule has 4 rings (SSSR count). The predicted molar refractivity (Wildman–Crippen MR) is 103 cm³/mol. The van der Waals surface area contributed by atoms with Gasteiger partial charge in [-0.3, -0.25) is 10.1 Å². The lowest BCUT2D eigenvalue weighted by Gasteiger charge is -1.99. The number of anilines is 1. The molecular formula is C17H10BrClN4OS. The first kappa shape index (κ1) is 16.3. The molecule has 1 amide bonds. The van der Waals surface area contributed by atoms with Crippen LogP contribution in [0.3, 0.4) is 0 Å². The van der Waals surface area contributed by atoms with Gasteiger partial charge in [0.25, 0.3) is 5.91 Å². The van der Waals surface area contributed by atoms with Gasteiger partial charge in [0.2, 0.25) is 0 Å². The van der Waals surface area contributed by atoms with Gasteiger partial charge in [-0.2, -0.15) is 5.10 Å². The molecule has 25 heavy (non-hydrogen) atoms. The SMILES string of the molecule is O=C(Nc1nc(-c2ccc(Br)cc2)cs1)c1nn2ccccc2c1Cl. The lowest BCUT2D eigenvalue weighted by atomic mass is 10.2. The second kappa shape index (κ2) is 6.59. The van der Waals surface area contributed by atoms with E-state index in [0.717, 1.165) is 15.7 Å². The van der Waals surface area contributed by atoms with Crippen LogP contribution in [0.5, 0.6) is 0 Å². The molecule has 1 aromatic carbocycles. The van der Waals surface area contributed by atoms with Gasteiger partial charge >= 0.3 is 0 Å². The average molecular weight is 434 g/mol. The molecule has 0 aliphatic rings. The molecule has 0 aliphatic carbocycles. The second-order valence-corrected chi connectivity index (χ2v) is 7.34. The van der Waals surface area contributed by atoms with Crippen LogP contribution < -0.4 is 5.32 Å². The zero-order chi connectivity index (χ0) is 17.4. The summed E-state index contributed by atoms with van der Waals surface area (Å²) in [5.74, 6) is -0.384. The topological polar surface area (TPSA) is 59.3 Å². The third kappa shape index (κ3) is 3.18. The number of nitrogens with one attached hydrogen (secondary N) is 1. The molecular weight excluding hydrogens is 424 g/mol. The third-order valence-electron chi connectivity index (χ3n) is 3.56. The molecule has 0 fully saturated rings. The Labute approximate surface area is 160 Å². The smallest absolute Gasteiger partial charge is 0.279 e. The molecule has 3 heterocycles. The molecule has 8 heteroatoms. The summed E-state index contributed by atoms with van der Waals surface area (Å²) < 4.78 is 2.58. The summed E-state index contributed by atoms with van der Waals surface area (Å²) >= 11 is 11.0. The van der Waals surface area contributed by atoms with Crippen molar-refractivity contribution in [2.75, 3.05) is 5.32 Å². The number of carbonyl (C=O) groups is 1. The Bertz CT molecular complexity index is 1070. The van der Waals surface area contributed by atoms with Gasteiger partial charge < -0.3 is 0 Å². The molecule has 0 unspecified atom stereocenters. The lowest BCUT2D eigenvalue weighted by molar-refractivity contribution is 0.102. The van der Waals surface area contributed by atoms with Crippen molar-refractivity contribution in [2.45, 2.75) is 0 Å². The van der Waals surface area contributed by atoms with Crippen LogP contribution in [0, 0.1) is 0 Å². The van der Waals surface area contributed by atoms with Crippen LogP contribution in [0.2, 0.25) is 5.02 Å². The molecule has 124 valence electrons. The standard InChI is InChI=1S/C17H10BrClN4OS/c18-11-6-4-10(5-7-11)12-9-25-17(20-12)21-16(24)15-14(19)13-3-1-2-8-23(13)22-15/h1-9H,(H,20,21,24). The lowest BCUT2D eigenvalue weighted by Crippen LogP contribution is -2.13. The zero-order valence-corrected chi connectivity index (χ0v) is 15.8. The quantitative estimate of drug-likeness (QED) is 0.487. The van der Waals surface area contributed by atoms with E-state index >= 15 is 0 Å². The summed E-state index contributed by atoms with van der Waals surface area (Å²) in [5, 5.41) is 9.70. The summed E-state index contributed by atoms with van der Waals surface area (Å²) in [6.45, 7) is 0. The van der Waals surface area contributed by atoms with Crippen molar-refractivity contribution < 1.29 is 4.79 Å². The van der Waals surface area contributed by atoms with Crippen molar-refractivity contribution >= 4 is 55.4 Å². The van der Waals surface area contributed by atoms with Gasteiger partial charge in [-0.05, 0) is 24.3 Å². The van der Waals surface area contributed by atoms with Crippen LogP contribution in [0.4, 0.5) is 5.13 Å². The van der Waals surface area contributed by atoms with Gasteiger partial charge in [-0.1, -0.05) is 45.7 Å². The van der Waals surface area contributed by atoms with E-state index in [1.165, 1.54) is 11.3 Å². The minimum Gasteiger partial charge on any atom is -0.296 e. The van der Waals surface area contributed by atoms with Gasteiger partial charge in [-0.25, -0.2) is 9.50 Å². The number of thiazole rings is 1. The fraction of sp³-hybridized carbons (Fsp3) is 0. The molecule has 0 atom stereocenters. The summed E-state index contributed by atoms with van der Waals surface area (Å²) in [7, 11) is 0. The van der Waals surface area contributed by atoms with E-state index in [9.17, 15) is 4.79 Å². The van der Waals surface area contributed by atoms with E-state index < -0.39 is 0 Å². The third-order valence-corrected chi connectivity index (χ3v) is 5.22. The van der Waals surface area contributed by atoms with Crippen LogP contribution in [-0.2, 0) is 0 Å². The maximum atomic E-state index is 12.5. The van der Waals surface area contributed by atoms with E-state index in [1.54, 1.807) is 16.8 Å². The van der Waals surface area contributed by atoms with Crippen molar-refractivity contribution in [1.82, 2.24) is 14.6 Å². The highest BCUT2D eigenvalue weighted by atomic mass is 79.9. The Morgan fingerprint density at radius 3 is 2.76 bits per heavy atom. The highest BCUT2D eigenvalue weighted by molar-refractivity contribution is 9.10. The van der Waals surface area contributed by atoms with Crippen LogP contribution in [0.15, 0.2) is 58.5 Å². The minimum absolute atomic E-state index is 0.174. The highest BCUT2D eigenvalue weighted by Crippen LogP contribution is 2.27. The summed E-state index contributed by atoms with van der Waals surface area (Å²) in [6, 6.07) is 13.3. The molecule has 3 aromatic heterocycles. The van der Waals surface area contributed by atoms with E-state index in [2.05, 4.69) is 31.3 Å². The number of hydrogen-bond acceptors (Lipinski definition) is 4. The summed E-state index contributed by atoms with van der Waals surface area (Å²) in [4.78, 5) is 16.9. The number of carbonyl (C=O) groups excluding carboxylic acids is 1. The minimum atomic E-state index is -0.384. The Hall–Kier alpha value is -2.22. The first-order valence-corrected chi connectivity index (χ1v) is 9.32. The number of amides is 1. The monoisotopic (exact) mass is 432 g/mol. The zero-order valence-electron chi connectivity index (χ0n) is 12.6. The summed E-state index contributed by atoms with van der Waals surface area (Å²) in [6.07, 6.45) is 1.74. The molecule has 0 saturated carbocycles. The number of fused-ring (bicyclic) bond motifs is 1. The van der Waals surface area contributed by atoms with E-state index in [-0.39, 0.29) is 11.6 Å². The first-order valence-electron chi connectivity index (χ1n) is 7.27. The molecule has 5 nitrogen and oxygen atoms in total. The van der Waals surface area contributed by atoms with Crippen molar-refractivity contribution in [1.29, 1.82) is 0 Å². The van der Waals surface area contributed by atoms with Gasteiger partial charge in [0, 0.05) is 21.6 Å². The Morgan fingerprint density at radius 1 is 1.20 bits per heavy atom. The Balaban J connectivity index is 1.58. The van der Waals surface area contributed by atoms with Crippen LogP contribution in [0.25, 0.3) is 16.8 Å². The van der Waals surface area contributed by atoms with Crippen molar-refractivity contribution in [3.8, 4) is 11.3 Å². The maximum Gasteiger partial charge on any atom is 0.279 e. The molecule has 0 aliphatic heterocycles. The van der Waals surface area contributed by atoms with E-state index in [4.69, 9.17) is 11.6 Å². The Morgan fingerprint density at radius 2 is 2.00 bits per heavy atom. The maximum absolute atomic E-state index is 12.5. The number of nitrogens with zero attached hydrogens (tertiary/aromatic N) is 3. The summed E-state index contributed by atoms with van der Waals surface area (Å²) in [5.41, 5.74) is 2.64. The molecule has 0 spiro atoms. The normalized spacial score (nSPS) is 11.0. The van der Waals surface area contributed by atoms with Crippen molar-refractivity contribution in [2.24, 2.45) is 0 Å². The number of benzene rings is 1. The number of rotatable bonds is 3. The molecule has 0 bridgehead atoms. The molecule has 1 N–H and O–H groups in total. The fourth-order valence-electron chi connectivity index (χ4n) is 2.35. The number of hydrogen-bond donors (Lipinski definition) is 1. The Kier molecular flexibility index (Phi) is 4.29. The van der Waals surface area contributed by atoms with Crippen LogP contribution >= 0.6 is 38.9 Å². The molecule has 0 saturated heterocycles. The average Bonchev–Trinajstić information content (AvgIpc) is 3.21. The van der Waals surface area contributed by atoms with E-state index in [1.807, 2.05) is 41.8 Å². The number of halogens is 2. The van der Waals surface area contributed by atoms with Gasteiger partial charge in [0.15, 0.2) is 10.8 Å². The van der Waals surface area contributed by atoms with Gasteiger partial charge in [-0.15, -0.1) is 11.3 Å². The first-order chi connectivity index (χ1) is 12.1. The van der Waals surface area contributed by atoms with Crippen molar-refractivity contribution in [3.05, 3.63) is 69.2 Å². The van der Waals surface area contributed by atoms with E-state index in [0.29, 0.717) is 15.7 Å². The van der Waals surface area contributed by atoms with Gasteiger partial charge in [0.1, 0.15) is 0 Å². The van der Waals surface area contributed by atoms with Crippen LogP contribution in [0.1, 0.15) is 10.5 Å². The largest absolute Gasteiger partial charge is 0.296 e. The fourth-order valence-corrected chi connectivity index (χ4v) is 3.61. The van der Waals surface area contributed by atoms with Crippen LogP contribution in [-0.4, -0.2) is 20.5 Å². The molecule has 0 radical (unpaired) electrons. The second-order valence-electron chi connectivity index (χ2n) is 5.19. The van der Waals surface area contributed by atoms with Gasteiger partial charge in [0.05, 0.1) is 16.2 Å². The van der Waals surface area contributed by atoms with Crippen molar-refractivity contribution in [3.63, 3.8) is 0 Å². The number of pyridine rings is 1. The predicted octanol–water partition coefficient (Wildman–Crippen LogP) is 5.13. The number of aromatic nitrogens is 3. The molecule has 4 aromatic rings. The highest BCUT2D eigenvalue weighted by Gasteiger charge is 2.19.